The minimum atomic E-state index is -0.616. The molecule has 0 aromatic carbocycles. The van der Waals surface area contributed by atoms with Gasteiger partial charge in [0.05, 0.1) is 11.4 Å². The van der Waals surface area contributed by atoms with Crippen LogP contribution in [0.4, 0.5) is 0 Å². The summed E-state index contributed by atoms with van der Waals surface area (Å²) >= 11 is 0. The molecule has 0 spiro atoms. The summed E-state index contributed by atoms with van der Waals surface area (Å²) in [5, 5.41) is 11.5. The first kappa shape index (κ1) is 16.2. The molecule has 7 nitrogen and oxygen atoms in total. The first-order valence-electron chi connectivity index (χ1n) is 7.29. The molecule has 2 heterocycles. The summed E-state index contributed by atoms with van der Waals surface area (Å²) in [6.45, 7) is 9.64. The Bertz CT molecular complexity index is 652. The van der Waals surface area contributed by atoms with Gasteiger partial charge >= 0.3 is 5.97 Å². The van der Waals surface area contributed by atoms with Crippen molar-refractivity contribution in [3.63, 3.8) is 0 Å². The molecular formula is C15H23N5O2. The van der Waals surface area contributed by atoms with E-state index < -0.39 is 12.0 Å². The predicted molar refractivity (Wildman–Crippen MR) is 82.9 cm³/mol. The molecule has 0 unspecified atom stereocenters. The van der Waals surface area contributed by atoms with Crippen molar-refractivity contribution in [2.75, 3.05) is 0 Å². The van der Waals surface area contributed by atoms with E-state index in [1.807, 2.05) is 40.8 Å². The molecule has 3 N–H and O–H groups in total. The molecule has 0 fully saturated rings. The number of nitrogens with two attached hydrogens (primary N) is 1. The second-order valence-electron chi connectivity index (χ2n) is 5.84. The number of hydrogen-bond donors (Lipinski definition) is 2. The van der Waals surface area contributed by atoms with Crippen LogP contribution in [0.5, 0.6) is 0 Å². The molecule has 0 radical (unpaired) electrons. The molecule has 0 aliphatic carbocycles. The van der Waals surface area contributed by atoms with E-state index in [0.29, 0.717) is 0 Å². The smallest absolute Gasteiger partial charge is 0.324 e. The standard InChI is InChI=1S/C15H23N5O2/c1-8(2)14(16)15(21)22-7-20-6-12(9(3)19-20)13-10(4)17-18-11(13)5/h6,8,14H,7,16H2,1-5H3,(H,17,18)/t14-/m0/s1. The molecule has 2 rings (SSSR count). The maximum absolute atomic E-state index is 11.8. The fourth-order valence-corrected chi connectivity index (χ4v) is 2.28. The minimum Gasteiger partial charge on any atom is -0.441 e. The van der Waals surface area contributed by atoms with Crippen LogP contribution in [0.25, 0.3) is 11.1 Å². The summed E-state index contributed by atoms with van der Waals surface area (Å²) in [5.74, 6) is -0.376. The number of hydrogen-bond acceptors (Lipinski definition) is 5. The average Bonchev–Trinajstić information content (AvgIpc) is 2.98. The summed E-state index contributed by atoms with van der Waals surface area (Å²) in [4.78, 5) is 11.8. The highest BCUT2D eigenvalue weighted by Gasteiger charge is 2.19. The zero-order valence-corrected chi connectivity index (χ0v) is 13.7. The summed E-state index contributed by atoms with van der Waals surface area (Å²) in [7, 11) is 0. The lowest BCUT2D eigenvalue weighted by Gasteiger charge is -2.14. The highest BCUT2D eigenvalue weighted by molar-refractivity contribution is 5.75. The lowest BCUT2D eigenvalue weighted by atomic mass is 10.1. The van der Waals surface area contributed by atoms with Crippen LogP contribution in [0.15, 0.2) is 6.20 Å². The maximum Gasteiger partial charge on any atom is 0.324 e. The summed E-state index contributed by atoms with van der Waals surface area (Å²) < 4.78 is 6.81. The number of carbonyl (C=O) groups is 1. The predicted octanol–water partition coefficient (Wildman–Crippen LogP) is 1.68. The van der Waals surface area contributed by atoms with Crippen LogP contribution < -0.4 is 5.73 Å². The number of nitrogens with one attached hydrogen (secondary N) is 1. The molecule has 7 heteroatoms. The molecule has 2 aromatic rings. The topological polar surface area (TPSA) is 98.8 Å². The summed E-state index contributed by atoms with van der Waals surface area (Å²) in [5.41, 5.74) is 10.5. The van der Waals surface area contributed by atoms with E-state index in [-0.39, 0.29) is 12.6 Å². The van der Waals surface area contributed by atoms with Crippen molar-refractivity contribution < 1.29 is 9.53 Å². The Kier molecular flexibility index (Phi) is 4.65. The Hall–Kier alpha value is -2.15. The van der Waals surface area contributed by atoms with Crippen molar-refractivity contribution in [2.45, 2.75) is 47.4 Å². The van der Waals surface area contributed by atoms with Gasteiger partial charge < -0.3 is 10.5 Å². The SMILES string of the molecule is Cc1nn(COC(=O)[C@@H](N)C(C)C)cc1-c1c(C)n[nH]c1C. The number of aromatic nitrogens is 4. The molecule has 22 heavy (non-hydrogen) atoms. The van der Waals surface area contributed by atoms with Gasteiger partial charge in [0.15, 0.2) is 6.73 Å². The molecule has 1 atom stereocenters. The number of esters is 1. The molecule has 120 valence electrons. The van der Waals surface area contributed by atoms with Crippen molar-refractivity contribution >= 4 is 5.97 Å². The number of ether oxygens (including phenoxy) is 1. The van der Waals surface area contributed by atoms with Crippen LogP contribution in [-0.4, -0.2) is 32.0 Å². The number of aromatic amines is 1. The van der Waals surface area contributed by atoms with Crippen LogP contribution in [0.3, 0.4) is 0 Å². The Labute approximate surface area is 129 Å². The van der Waals surface area contributed by atoms with Crippen LogP contribution in [0.2, 0.25) is 0 Å². The van der Waals surface area contributed by atoms with Crippen molar-refractivity contribution in [1.82, 2.24) is 20.0 Å². The highest BCUT2D eigenvalue weighted by Crippen LogP contribution is 2.27. The third-order valence-corrected chi connectivity index (χ3v) is 3.67. The van der Waals surface area contributed by atoms with Gasteiger partial charge in [0.25, 0.3) is 0 Å². The molecule has 0 saturated carbocycles. The second-order valence-corrected chi connectivity index (χ2v) is 5.84. The molecule has 0 bridgehead atoms. The maximum atomic E-state index is 11.8. The van der Waals surface area contributed by atoms with E-state index in [9.17, 15) is 4.79 Å². The van der Waals surface area contributed by atoms with Gasteiger partial charge in [-0.1, -0.05) is 13.8 Å². The first-order valence-corrected chi connectivity index (χ1v) is 7.29. The van der Waals surface area contributed by atoms with Crippen LogP contribution >= 0.6 is 0 Å². The largest absolute Gasteiger partial charge is 0.441 e. The van der Waals surface area contributed by atoms with Gasteiger partial charge in [-0.25, -0.2) is 4.68 Å². The molecule has 2 aromatic heterocycles. The molecule has 0 aliphatic heterocycles. The van der Waals surface area contributed by atoms with E-state index in [1.165, 1.54) is 0 Å². The second kappa shape index (κ2) is 6.31. The fraction of sp³-hybridized carbons (Fsp3) is 0.533. The Morgan fingerprint density at radius 2 is 2.05 bits per heavy atom. The molecule has 0 saturated heterocycles. The third-order valence-electron chi connectivity index (χ3n) is 3.67. The Morgan fingerprint density at radius 1 is 1.36 bits per heavy atom. The monoisotopic (exact) mass is 305 g/mol. The van der Waals surface area contributed by atoms with Gasteiger partial charge in [-0.05, 0) is 26.7 Å². The van der Waals surface area contributed by atoms with Gasteiger partial charge in [0, 0.05) is 23.0 Å². The van der Waals surface area contributed by atoms with Gasteiger partial charge in [0.2, 0.25) is 0 Å². The Balaban J connectivity index is 2.13. The number of carbonyl (C=O) groups excluding carboxylic acids is 1. The van der Waals surface area contributed by atoms with Crippen molar-refractivity contribution in [3.8, 4) is 11.1 Å². The number of H-pyrrole nitrogens is 1. The normalized spacial score (nSPS) is 12.7. The lowest BCUT2D eigenvalue weighted by molar-refractivity contribution is -0.150. The quantitative estimate of drug-likeness (QED) is 0.819. The molecule has 0 aliphatic rings. The van der Waals surface area contributed by atoms with Gasteiger partial charge in [-0.15, -0.1) is 0 Å². The summed E-state index contributed by atoms with van der Waals surface area (Å²) in [6, 6.07) is -0.616. The summed E-state index contributed by atoms with van der Waals surface area (Å²) in [6.07, 6.45) is 1.86. The minimum absolute atomic E-state index is 0.0404. The van der Waals surface area contributed by atoms with Crippen molar-refractivity contribution in [3.05, 3.63) is 23.3 Å². The molecule has 0 amide bonds. The van der Waals surface area contributed by atoms with Crippen molar-refractivity contribution in [2.24, 2.45) is 11.7 Å². The molecular weight excluding hydrogens is 282 g/mol. The van der Waals surface area contributed by atoms with Crippen molar-refractivity contribution in [1.29, 1.82) is 0 Å². The fourth-order valence-electron chi connectivity index (χ4n) is 2.28. The average molecular weight is 305 g/mol. The van der Waals surface area contributed by atoms with Gasteiger partial charge in [-0.2, -0.15) is 10.2 Å². The lowest BCUT2D eigenvalue weighted by Crippen LogP contribution is -2.37. The van der Waals surface area contributed by atoms with E-state index in [2.05, 4.69) is 15.3 Å². The van der Waals surface area contributed by atoms with E-state index in [4.69, 9.17) is 10.5 Å². The number of aryl methyl sites for hydroxylation is 3. The number of rotatable bonds is 5. The number of nitrogens with zero attached hydrogens (tertiary/aromatic N) is 3. The third kappa shape index (κ3) is 3.19. The first-order chi connectivity index (χ1) is 10.3. The zero-order valence-electron chi connectivity index (χ0n) is 13.7. The van der Waals surface area contributed by atoms with Gasteiger partial charge in [-0.3, -0.25) is 9.89 Å². The van der Waals surface area contributed by atoms with Crippen LogP contribution in [-0.2, 0) is 16.3 Å². The zero-order chi connectivity index (χ0) is 16.4. The van der Waals surface area contributed by atoms with E-state index in [1.54, 1.807) is 4.68 Å². The van der Waals surface area contributed by atoms with Crippen LogP contribution in [0, 0.1) is 26.7 Å². The van der Waals surface area contributed by atoms with E-state index in [0.717, 1.165) is 28.2 Å². The van der Waals surface area contributed by atoms with Gasteiger partial charge in [0.1, 0.15) is 6.04 Å². The highest BCUT2D eigenvalue weighted by atomic mass is 16.5. The van der Waals surface area contributed by atoms with Crippen LogP contribution in [0.1, 0.15) is 30.9 Å². The Morgan fingerprint density at radius 3 is 2.59 bits per heavy atom. The van der Waals surface area contributed by atoms with E-state index >= 15 is 0 Å².